The van der Waals surface area contributed by atoms with E-state index in [2.05, 4.69) is 24.0 Å². The van der Waals surface area contributed by atoms with Crippen molar-refractivity contribution < 1.29 is 4.74 Å². The highest BCUT2D eigenvalue weighted by atomic mass is 32.1. The largest absolute Gasteiger partial charge is 0.389 e. The number of nitrogens with zero attached hydrogens (tertiary/aromatic N) is 1. The molecule has 18 heavy (non-hydrogen) atoms. The molecule has 98 valence electrons. The Bertz CT molecular complexity index is 403. The maximum absolute atomic E-state index is 5.71. The summed E-state index contributed by atoms with van der Waals surface area (Å²) in [6.07, 6.45) is 2.70. The van der Waals surface area contributed by atoms with Gasteiger partial charge in [0.05, 0.1) is 6.10 Å². The van der Waals surface area contributed by atoms with Gasteiger partial charge in [-0.1, -0.05) is 12.2 Å². The van der Waals surface area contributed by atoms with E-state index in [1.165, 1.54) is 12.1 Å². The van der Waals surface area contributed by atoms with Gasteiger partial charge in [-0.15, -0.1) is 0 Å². The van der Waals surface area contributed by atoms with Gasteiger partial charge in [0.1, 0.15) is 4.99 Å². The Balaban J connectivity index is 2.04. The molecule has 3 nitrogen and oxygen atoms in total. The molecule has 0 aliphatic carbocycles. The average Bonchev–Trinajstić information content (AvgIpc) is 2.39. The zero-order chi connectivity index (χ0) is 13.0. The lowest BCUT2D eigenvalue weighted by Gasteiger charge is -2.34. The van der Waals surface area contributed by atoms with E-state index in [4.69, 9.17) is 22.7 Å². The molecule has 0 spiro atoms. The summed E-state index contributed by atoms with van der Waals surface area (Å²) in [5.74, 6) is 0. The zero-order valence-corrected chi connectivity index (χ0v) is 11.6. The molecule has 1 heterocycles. The van der Waals surface area contributed by atoms with Gasteiger partial charge in [-0.05, 0) is 44.0 Å². The summed E-state index contributed by atoms with van der Waals surface area (Å²) in [7, 11) is 0. The van der Waals surface area contributed by atoms with Crippen molar-refractivity contribution in [2.75, 3.05) is 24.6 Å². The summed E-state index contributed by atoms with van der Waals surface area (Å²) in [5.41, 5.74) is 7.75. The fourth-order valence-corrected chi connectivity index (χ4v) is 2.52. The SMILES string of the molecule is CCOC1CCCN(c2ccc(C(N)=S)cc2)C1. The maximum Gasteiger partial charge on any atom is 0.103 e. The van der Waals surface area contributed by atoms with E-state index >= 15 is 0 Å². The molecule has 1 unspecified atom stereocenters. The van der Waals surface area contributed by atoms with Crippen LogP contribution >= 0.6 is 12.2 Å². The molecular weight excluding hydrogens is 244 g/mol. The summed E-state index contributed by atoms with van der Waals surface area (Å²) in [5, 5.41) is 0. The van der Waals surface area contributed by atoms with Gasteiger partial charge in [-0.3, -0.25) is 0 Å². The van der Waals surface area contributed by atoms with Crippen LogP contribution in [-0.4, -0.2) is 30.8 Å². The average molecular weight is 264 g/mol. The lowest BCUT2D eigenvalue weighted by molar-refractivity contribution is 0.0527. The highest BCUT2D eigenvalue weighted by Crippen LogP contribution is 2.21. The van der Waals surface area contributed by atoms with Gasteiger partial charge in [0, 0.05) is 30.9 Å². The molecule has 0 amide bonds. The smallest absolute Gasteiger partial charge is 0.103 e. The van der Waals surface area contributed by atoms with Gasteiger partial charge in [-0.25, -0.2) is 0 Å². The lowest BCUT2D eigenvalue weighted by atomic mass is 10.1. The first kappa shape index (κ1) is 13.3. The minimum absolute atomic E-state index is 0.360. The van der Waals surface area contributed by atoms with E-state index in [-0.39, 0.29) is 0 Å². The number of nitrogens with two attached hydrogens (primary N) is 1. The first-order chi connectivity index (χ1) is 8.70. The molecule has 0 aromatic heterocycles. The van der Waals surface area contributed by atoms with Crippen LogP contribution in [0.4, 0.5) is 5.69 Å². The summed E-state index contributed by atoms with van der Waals surface area (Å²) in [6, 6.07) is 8.15. The standard InChI is InChI=1S/C14H20N2OS/c1-2-17-13-4-3-9-16(10-13)12-7-5-11(6-8-12)14(15)18/h5-8,13H,2-4,9-10H2,1H3,(H2,15,18). The van der Waals surface area contributed by atoms with E-state index < -0.39 is 0 Å². The van der Waals surface area contributed by atoms with E-state index in [1.54, 1.807) is 0 Å². The van der Waals surface area contributed by atoms with E-state index in [0.717, 1.165) is 31.7 Å². The van der Waals surface area contributed by atoms with Gasteiger partial charge in [-0.2, -0.15) is 0 Å². The fourth-order valence-electron chi connectivity index (χ4n) is 2.38. The van der Waals surface area contributed by atoms with Gasteiger partial charge < -0.3 is 15.4 Å². The Labute approximate surface area is 114 Å². The molecule has 2 N–H and O–H groups in total. The molecule has 1 aliphatic rings. The third kappa shape index (κ3) is 3.21. The minimum Gasteiger partial charge on any atom is -0.389 e. The number of rotatable bonds is 4. The van der Waals surface area contributed by atoms with Gasteiger partial charge >= 0.3 is 0 Å². The molecule has 1 aliphatic heterocycles. The normalized spacial score (nSPS) is 19.8. The Morgan fingerprint density at radius 2 is 2.17 bits per heavy atom. The zero-order valence-electron chi connectivity index (χ0n) is 10.8. The number of thiocarbonyl (C=S) groups is 1. The molecule has 2 rings (SSSR count). The lowest BCUT2D eigenvalue weighted by Crippen LogP contribution is -2.39. The summed E-state index contributed by atoms with van der Waals surface area (Å²) in [6.45, 7) is 4.91. The van der Waals surface area contributed by atoms with E-state index in [1.807, 2.05) is 12.1 Å². The number of hydrogen-bond donors (Lipinski definition) is 1. The van der Waals surface area contributed by atoms with Crippen molar-refractivity contribution >= 4 is 22.9 Å². The predicted molar refractivity (Wildman–Crippen MR) is 79.2 cm³/mol. The number of anilines is 1. The predicted octanol–water partition coefficient (Wildman–Crippen LogP) is 2.33. The molecule has 1 fully saturated rings. The number of piperidine rings is 1. The van der Waals surface area contributed by atoms with Gasteiger partial charge in [0.25, 0.3) is 0 Å². The molecule has 0 bridgehead atoms. The Hall–Kier alpha value is -1.13. The molecule has 1 atom stereocenters. The van der Waals surface area contributed by atoms with Crippen LogP contribution in [0.2, 0.25) is 0 Å². The van der Waals surface area contributed by atoms with Crippen LogP contribution < -0.4 is 10.6 Å². The van der Waals surface area contributed by atoms with Crippen molar-refractivity contribution in [3.8, 4) is 0 Å². The first-order valence-corrected chi connectivity index (χ1v) is 6.88. The highest BCUT2D eigenvalue weighted by Gasteiger charge is 2.20. The molecule has 4 heteroatoms. The quantitative estimate of drug-likeness (QED) is 0.847. The van der Waals surface area contributed by atoms with E-state index in [0.29, 0.717) is 11.1 Å². The fraction of sp³-hybridized carbons (Fsp3) is 0.500. The third-order valence-electron chi connectivity index (χ3n) is 3.30. The Kier molecular flexibility index (Phi) is 4.55. The van der Waals surface area contributed by atoms with Crippen LogP contribution in [-0.2, 0) is 4.74 Å². The second kappa shape index (κ2) is 6.16. The van der Waals surface area contributed by atoms with Crippen molar-refractivity contribution in [3.63, 3.8) is 0 Å². The monoisotopic (exact) mass is 264 g/mol. The van der Waals surface area contributed by atoms with Crippen LogP contribution in [0.15, 0.2) is 24.3 Å². The molecular formula is C14H20N2OS. The molecule has 1 aromatic carbocycles. The molecule has 1 aromatic rings. The maximum atomic E-state index is 5.71. The first-order valence-electron chi connectivity index (χ1n) is 6.47. The van der Waals surface area contributed by atoms with Crippen molar-refractivity contribution in [2.45, 2.75) is 25.9 Å². The summed E-state index contributed by atoms with van der Waals surface area (Å²) in [4.78, 5) is 2.82. The van der Waals surface area contributed by atoms with Crippen LogP contribution in [0.5, 0.6) is 0 Å². The summed E-state index contributed by atoms with van der Waals surface area (Å²) >= 11 is 4.96. The molecule has 1 saturated heterocycles. The third-order valence-corrected chi connectivity index (χ3v) is 3.53. The van der Waals surface area contributed by atoms with Gasteiger partial charge in [0.15, 0.2) is 0 Å². The number of benzene rings is 1. The van der Waals surface area contributed by atoms with Crippen molar-refractivity contribution in [2.24, 2.45) is 5.73 Å². The second-order valence-corrected chi connectivity index (χ2v) is 5.02. The number of ether oxygens (including phenoxy) is 1. The van der Waals surface area contributed by atoms with Crippen molar-refractivity contribution in [3.05, 3.63) is 29.8 Å². The number of hydrogen-bond acceptors (Lipinski definition) is 3. The van der Waals surface area contributed by atoms with Crippen LogP contribution in [0.25, 0.3) is 0 Å². The molecule has 0 saturated carbocycles. The Morgan fingerprint density at radius 1 is 1.44 bits per heavy atom. The van der Waals surface area contributed by atoms with Crippen LogP contribution in [0, 0.1) is 0 Å². The van der Waals surface area contributed by atoms with Crippen LogP contribution in [0.3, 0.4) is 0 Å². The van der Waals surface area contributed by atoms with Crippen molar-refractivity contribution in [1.82, 2.24) is 0 Å². The molecule has 0 radical (unpaired) electrons. The van der Waals surface area contributed by atoms with Crippen LogP contribution in [0.1, 0.15) is 25.3 Å². The summed E-state index contributed by atoms with van der Waals surface area (Å²) < 4.78 is 5.71. The Morgan fingerprint density at radius 3 is 2.78 bits per heavy atom. The van der Waals surface area contributed by atoms with Crippen molar-refractivity contribution in [1.29, 1.82) is 0 Å². The second-order valence-electron chi connectivity index (χ2n) is 4.58. The van der Waals surface area contributed by atoms with Gasteiger partial charge in [0.2, 0.25) is 0 Å². The van der Waals surface area contributed by atoms with E-state index in [9.17, 15) is 0 Å². The topological polar surface area (TPSA) is 38.5 Å². The highest BCUT2D eigenvalue weighted by molar-refractivity contribution is 7.80. The minimum atomic E-state index is 0.360.